The Morgan fingerprint density at radius 2 is 1.60 bits per heavy atom. The minimum atomic E-state index is -0.383. The van der Waals surface area contributed by atoms with Crippen LogP contribution in [0.2, 0.25) is 0 Å². The number of nitrogens with two attached hydrogens (primary N) is 1. The van der Waals surface area contributed by atoms with Gasteiger partial charge in [-0.15, -0.1) is 0 Å². The highest BCUT2D eigenvalue weighted by molar-refractivity contribution is 6.00. The van der Waals surface area contributed by atoms with Crippen LogP contribution in [0.5, 0.6) is 11.5 Å². The van der Waals surface area contributed by atoms with Gasteiger partial charge in [-0.2, -0.15) is 0 Å². The van der Waals surface area contributed by atoms with Crippen molar-refractivity contribution >= 4 is 16.8 Å². The second-order valence-corrected chi connectivity index (χ2v) is 10.2. The fourth-order valence-electron chi connectivity index (χ4n) is 5.75. The number of hydrogen-bond donors (Lipinski definition) is 1. The van der Waals surface area contributed by atoms with Crippen molar-refractivity contribution in [1.82, 2.24) is 14.4 Å². The Morgan fingerprint density at radius 3 is 2.29 bits per heavy atom. The van der Waals surface area contributed by atoms with Crippen molar-refractivity contribution in [3.63, 3.8) is 0 Å². The van der Waals surface area contributed by atoms with E-state index in [2.05, 4.69) is 33.4 Å². The van der Waals surface area contributed by atoms with Gasteiger partial charge in [0.2, 0.25) is 0 Å². The van der Waals surface area contributed by atoms with Gasteiger partial charge in [0.05, 0.1) is 5.52 Å². The van der Waals surface area contributed by atoms with E-state index in [1.54, 1.807) is 0 Å². The predicted molar refractivity (Wildman–Crippen MR) is 141 cm³/mol. The minimum absolute atomic E-state index is 0.263. The van der Waals surface area contributed by atoms with E-state index in [1.807, 2.05) is 36.4 Å². The molecule has 2 aliphatic rings. The summed E-state index contributed by atoms with van der Waals surface area (Å²) >= 11 is 0. The molecule has 0 radical (unpaired) electrons. The largest absolute Gasteiger partial charge is 0.457 e. The first-order chi connectivity index (χ1) is 17.1. The highest BCUT2D eigenvalue weighted by Gasteiger charge is 2.26. The first-order valence-electron chi connectivity index (χ1n) is 13.2. The third-order valence-electron chi connectivity index (χ3n) is 7.67. The van der Waals surface area contributed by atoms with Crippen molar-refractivity contribution in [2.75, 3.05) is 39.3 Å². The number of aromatic nitrogens is 1. The SMILES string of the molecule is Cc1cccc(Oc2cccc3c2cc(C(N)=O)n3C2CCN(CCN3CCCCCC3)CC2)c1. The van der Waals surface area contributed by atoms with Crippen LogP contribution in [0.1, 0.15) is 60.6 Å². The maximum absolute atomic E-state index is 12.5. The van der Waals surface area contributed by atoms with Crippen molar-refractivity contribution < 1.29 is 9.53 Å². The van der Waals surface area contributed by atoms with E-state index in [-0.39, 0.29) is 11.9 Å². The fourth-order valence-corrected chi connectivity index (χ4v) is 5.75. The summed E-state index contributed by atoms with van der Waals surface area (Å²) in [5.74, 6) is 1.17. The normalized spacial score (nSPS) is 18.5. The Hall–Kier alpha value is -2.83. The summed E-state index contributed by atoms with van der Waals surface area (Å²) in [6.07, 6.45) is 7.49. The van der Waals surface area contributed by atoms with Crippen LogP contribution in [0.4, 0.5) is 0 Å². The summed E-state index contributed by atoms with van der Waals surface area (Å²) < 4.78 is 8.42. The maximum Gasteiger partial charge on any atom is 0.265 e. The topological polar surface area (TPSA) is 63.7 Å². The van der Waals surface area contributed by atoms with Gasteiger partial charge < -0.3 is 24.8 Å². The van der Waals surface area contributed by atoms with Crippen LogP contribution in [0.15, 0.2) is 48.5 Å². The monoisotopic (exact) mass is 474 g/mol. The third-order valence-corrected chi connectivity index (χ3v) is 7.67. The van der Waals surface area contributed by atoms with Gasteiger partial charge in [-0.1, -0.05) is 31.0 Å². The number of aryl methyl sites for hydroxylation is 1. The van der Waals surface area contributed by atoms with Gasteiger partial charge in [0, 0.05) is 37.6 Å². The molecule has 35 heavy (non-hydrogen) atoms. The molecule has 2 aliphatic heterocycles. The molecule has 0 saturated carbocycles. The van der Waals surface area contributed by atoms with E-state index >= 15 is 0 Å². The van der Waals surface area contributed by atoms with Crippen LogP contribution in [0.25, 0.3) is 10.9 Å². The first-order valence-corrected chi connectivity index (χ1v) is 13.2. The Morgan fingerprint density at radius 1 is 0.914 bits per heavy atom. The van der Waals surface area contributed by atoms with Crippen molar-refractivity contribution in [2.24, 2.45) is 5.73 Å². The smallest absolute Gasteiger partial charge is 0.265 e. The number of primary amides is 1. The van der Waals surface area contributed by atoms with Gasteiger partial charge in [-0.25, -0.2) is 0 Å². The Balaban J connectivity index is 1.31. The molecule has 5 rings (SSSR count). The lowest BCUT2D eigenvalue weighted by molar-refractivity contribution is 0.0984. The average molecular weight is 475 g/mol. The molecule has 3 heterocycles. The van der Waals surface area contributed by atoms with Crippen molar-refractivity contribution in [3.8, 4) is 11.5 Å². The number of benzene rings is 2. The number of rotatable bonds is 7. The van der Waals surface area contributed by atoms with Gasteiger partial charge in [0.15, 0.2) is 0 Å². The molecule has 6 nitrogen and oxygen atoms in total. The number of fused-ring (bicyclic) bond motifs is 1. The average Bonchev–Trinajstić information content (AvgIpc) is 3.06. The molecule has 0 atom stereocenters. The van der Waals surface area contributed by atoms with Crippen molar-refractivity contribution in [3.05, 3.63) is 59.8 Å². The van der Waals surface area contributed by atoms with E-state index in [9.17, 15) is 4.79 Å². The summed E-state index contributed by atoms with van der Waals surface area (Å²) in [4.78, 5) is 17.7. The molecule has 2 saturated heterocycles. The number of nitrogens with zero attached hydrogens (tertiary/aromatic N) is 3. The lowest BCUT2D eigenvalue weighted by atomic mass is 10.0. The molecule has 2 aromatic carbocycles. The second-order valence-electron chi connectivity index (χ2n) is 10.2. The predicted octanol–water partition coefficient (Wildman–Crippen LogP) is 5.35. The minimum Gasteiger partial charge on any atom is -0.457 e. The molecule has 0 spiro atoms. The molecule has 0 bridgehead atoms. The zero-order chi connectivity index (χ0) is 24.2. The van der Waals surface area contributed by atoms with E-state index in [0.717, 1.165) is 60.4 Å². The number of carbonyl (C=O) groups is 1. The van der Waals surface area contributed by atoms with Crippen LogP contribution in [0, 0.1) is 6.92 Å². The number of amides is 1. The maximum atomic E-state index is 12.5. The van der Waals surface area contributed by atoms with E-state index in [0.29, 0.717) is 5.69 Å². The molecule has 1 aromatic heterocycles. The van der Waals surface area contributed by atoms with Gasteiger partial charge in [0.1, 0.15) is 17.2 Å². The molecular weight excluding hydrogens is 436 g/mol. The summed E-state index contributed by atoms with van der Waals surface area (Å²) in [5, 5.41) is 0.936. The third kappa shape index (κ3) is 5.54. The zero-order valence-corrected chi connectivity index (χ0v) is 20.9. The van der Waals surface area contributed by atoms with E-state index < -0.39 is 0 Å². The molecule has 2 N–H and O–H groups in total. The molecule has 3 aromatic rings. The highest BCUT2D eigenvalue weighted by Crippen LogP contribution is 2.36. The molecule has 6 heteroatoms. The van der Waals surface area contributed by atoms with E-state index in [1.165, 1.54) is 45.3 Å². The standard InChI is InChI=1S/C29H38N4O2/c1-22-8-6-9-24(20-22)35-28-11-7-10-26-25(28)21-27(29(30)34)33(26)23-12-16-32(17-13-23)19-18-31-14-4-2-3-5-15-31/h6-11,20-21,23H,2-5,12-19H2,1H3,(H2,30,34). The van der Waals surface area contributed by atoms with E-state index in [4.69, 9.17) is 10.5 Å². The molecular formula is C29H38N4O2. The molecule has 2 fully saturated rings. The van der Waals surface area contributed by atoms with Crippen molar-refractivity contribution in [2.45, 2.75) is 51.5 Å². The number of hydrogen-bond acceptors (Lipinski definition) is 4. The fraction of sp³-hybridized carbons (Fsp3) is 0.483. The molecule has 0 aliphatic carbocycles. The summed E-state index contributed by atoms with van der Waals surface area (Å²) in [5.41, 5.74) is 8.60. The first kappa shape index (κ1) is 23.9. The zero-order valence-electron chi connectivity index (χ0n) is 20.9. The lowest BCUT2D eigenvalue weighted by Crippen LogP contribution is -2.40. The Bertz CT molecular complexity index is 1150. The van der Waals surface area contributed by atoms with Gasteiger partial charge in [-0.3, -0.25) is 4.79 Å². The Labute approximate surface area is 208 Å². The summed E-state index contributed by atoms with van der Waals surface area (Å²) in [6, 6.07) is 16.2. The van der Waals surface area contributed by atoms with Crippen LogP contribution in [-0.4, -0.2) is 59.5 Å². The van der Waals surface area contributed by atoms with Gasteiger partial charge in [-0.05, 0) is 81.6 Å². The van der Waals surface area contributed by atoms with Crippen LogP contribution < -0.4 is 10.5 Å². The van der Waals surface area contributed by atoms with Crippen LogP contribution >= 0.6 is 0 Å². The number of ether oxygens (including phenoxy) is 1. The van der Waals surface area contributed by atoms with Gasteiger partial charge in [0.25, 0.3) is 5.91 Å². The highest BCUT2D eigenvalue weighted by atomic mass is 16.5. The molecule has 186 valence electrons. The quantitative estimate of drug-likeness (QED) is 0.501. The molecule has 0 unspecified atom stereocenters. The van der Waals surface area contributed by atoms with Crippen LogP contribution in [0.3, 0.4) is 0 Å². The second kappa shape index (κ2) is 10.8. The number of carbonyl (C=O) groups excluding carboxylic acids is 1. The number of piperidine rings is 1. The van der Waals surface area contributed by atoms with Crippen LogP contribution in [-0.2, 0) is 0 Å². The number of likely N-dealkylation sites (tertiary alicyclic amines) is 2. The van der Waals surface area contributed by atoms with Crippen molar-refractivity contribution in [1.29, 1.82) is 0 Å². The van der Waals surface area contributed by atoms with Gasteiger partial charge >= 0.3 is 0 Å². The Kier molecular flexibility index (Phi) is 7.40. The molecule has 1 amide bonds. The summed E-state index contributed by atoms with van der Waals surface area (Å²) in [7, 11) is 0. The lowest BCUT2D eigenvalue weighted by Gasteiger charge is -2.35. The summed E-state index contributed by atoms with van der Waals surface area (Å²) in [6.45, 7) is 8.96.